The summed E-state index contributed by atoms with van der Waals surface area (Å²) in [5, 5.41) is 7.57. The van der Waals surface area contributed by atoms with E-state index in [-0.39, 0.29) is 0 Å². The van der Waals surface area contributed by atoms with Crippen LogP contribution in [0.5, 0.6) is 0 Å². The lowest BCUT2D eigenvalue weighted by Gasteiger charge is -2.27. The quantitative estimate of drug-likeness (QED) is 0.802. The Labute approximate surface area is 117 Å². The highest BCUT2D eigenvalue weighted by Crippen LogP contribution is 2.38. The Morgan fingerprint density at radius 2 is 2.05 bits per heavy atom. The maximum atomic E-state index is 5.92. The molecule has 3 aliphatic rings. The molecule has 0 aromatic rings. The van der Waals surface area contributed by atoms with Crippen LogP contribution in [0, 0.1) is 5.92 Å². The average molecular weight is 266 g/mol. The van der Waals surface area contributed by atoms with Crippen LogP contribution in [-0.4, -0.2) is 37.4 Å². The highest BCUT2D eigenvalue weighted by atomic mass is 16.5. The van der Waals surface area contributed by atoms with Gasteiger partial charge < -0.3 is 15.4 Å². The molecule has 0 bridgehead atoms. The Balaban J connectivity index is 1.43. The van der Waals surface area contributed by atoms with E-state index in [1.165, 1.54) is 57.9 Å². The zero-order valence-corrected chi connectivity index (χ0v) is 12.4. The fourth-order valence-corrected chi connectivity index (χ4v) is 3.84. The molecule has 4 unspecified atom stereocenters. The topological polar surface area (TPSA) is 33.3 Å². The standard InChI is InChI=1S/C16H30N2O/c1-12(11-14-5-3-2-4-9-17-14)18-15-8-10-19-16(15)13-6-7-13/h12-18H,2-11H2,1H3. The third kappa shape index (κ3) is 3.93. The van der Waals surface area contributed by atoms with Crippen molar-refractivity contribution in [1.29, 1.82) is 0 Å². The summed E-state index contributed by atoms with van der Waals surface area (Å²) in [4.78, 5) is 0. The molecular formula is C16H30N2O. The zero-order valence-electron chi connectivity index (χ0n) is 12.4. The van der Waals surface area contributed by atoms with Gasteiger partial charge in [0.15, 0.2) is 0 Å². The molecule has 1 saturated carbocycles. The molecule has 2 saturated heterocycles. The maximum Gasteiger partial charge on any atom is 0.0757 e. The predicted molar refractivity (Wildman–Crippen MR) is 78.3 cm³/mol. The second-order valence-electron chi connectivity index (χ2n) is 6.87. The van der Waals surface area contributed by atoms with Crippen molar-refractivity contribution >= 4 is 0 Å². The number of rotatable bonds is 5. The fraction of sp³-hybridized carbons (Fsp3) is 1.00. The van der Waals surface area contributed by atoms with Crippen molar-refractivity contribution in [1.82, 2.24) is 10.6 Å². The predicted octanol–water partition coefficient (Wildman–Crippen LogP) is 2.45. The van der Waals surface area contributed by atoms with Crippen molar-refractivity contribution in [3.05, 3.63) is 0 Å². The van der Waals surface area contributed by atoms with E-state index in [2.05, 4.69) is 17.6 Å². The zero-order chi connectivity index (χ0) is 13.1. The van der Waals surface area contributed by atoms with E-state index in [1.807, 2.05) is 0 Å². The first-order valence-electron chi connectivity index (χ1n) is 8.44. The molecule has 0 spiro atoms. The van der Waals surface area contributed by atoms with Gasteiger partial charge in [0, 0.05) is 24.7 Å². The molecule has 0 amide bonds. The summed E-state index contributed by atoms with van der Waals surface area (Å²) in [5.74, 6) is 0.864. The minimum Gasteiger partial charge on any atom is -0.376 e. The molecule has 2 aliphatic heterocycles. The van der Waals surface area contributed by atoms with E-state index in [0.717, 1.165) is 18.6 Å². The smallest absolute Gasteiger partial charge is 0.0757 e. The van der Waals surface area contributed by atoms with Crippen molar-refractivity contribution in [3.63, 3.8) is 0 Å². The second kappa shape index (κ2) is 6.55. The van der Waals surface area contributed by atoms with E-state index in [4.69, 9.17) is 4.74 Å². The van der Waals surface area contributed by atoms with Crippen LogP contribution in [0.1, 0.15) is 58.3 Å². The van der Waals surface area contributed by atoms with Crippen LogP contribution in [0.3, 0.4) is 0 Å². The van der Waals surface area contributed by atoms with Crippen LogP contribution < -0.4 is 10.6 Å². The van der Waals surface area contributed by atoms with E-state index >= 15 is 0 Å². The van der Waals surface area contributed by atoms with Crippen molar-refractivity contribution < 1.29 is 4.74 Å². The maximum absolute atomic E-state index is 5.92. The summed E-state index contributed by atoms with van der Waals surface area (Å²) in [6.45, 7) is 4.54. The molecular weight excluding hydrogens is 236 g/mol. The number of hydrogen-bond acceptors (Lipinski definition) is 3. The van der Waals surface area contributed by atoms with Crippen molar-refractivity contribution in [2.45, 2.75) is 82.5 Å². The van der Waals surface area contributed by atoms with Gasteiger partial charge in [0.25, 0.3) is 0 Å². The summed E-state index contributed by atoms with van der Waals surface area (Å²) >= 11 is 0. The molecule has 0 radical (unpaired) electrons. The Kier molecular flexibility index (Phi) is 4.78. The van der Waals surface area contributed by atoms with Gasteiger partial charge in [-0.3, -0.25) is 0 Å². The van der Waals surface area contributed by atoms with E-state index < -0.39 is 0 Å². The van der Waals surface area contributed by atoms with Gasteiger partial charge in [0.2, 0.25) is 0 Å². The van der Waals surface area contributed by atoms with Crippen molar-refractivity contribution in [3.8, 4) is 0 Å². The van der Waals surface area contributed by atoms with Crippen LogP contribution in [0.25, 0.3) is 0 Å². The minimum absolute atomic E-state index is 0.518. The third-order valence-electron chi connectivity index (χ3n) is 5.02. The Bertz CT molecular complexity index is 272. The number of ether oxygens (including phenoxy) is 1. The summed E-state index contributed by atoms with van der Waals surface area (Å²) in [5.41, 5.74) is 0. The molecule has 4 atom stereocenters. The van der Waals surface area contributed by atoms with Gasteiger partial charge in [-0.2, -0.15) is 0 Å². The Morgan fingerprint density at radius 1 is 1.16 bits per heavy atom. The van der Waals surface area contributed by atoms with Crippen molar-refractivity contribution in [2.24, 2.45) is 5.92 Å². The lowest BCUT2D eigenvalue weighted by molar-refractivity contribution is 0.0787. The molecule has 1 aliphatic carbocycles. The minimum atomic E-state index is 0.518. The fourth-order valence-electron chi connectivity index (χ4n) is 3.84. The number of hydrogen-bond donors (Lipinski definition) is 2. The van der Waals surface area contributed by atoms with Gasteiger partial charge in [0.1, 0.15) is 0 Å². The highest BCUT2D eigenvalue weighted by molar-refractivity contribution is 4.94. The molecule has 3 heteroatoms. The lowest BCUT2D eigenvalue weighted by Crippen LogP contribution is -2.45. The Morgan fingerprint density at radius 3 is 2.89 bits per heavy atom. The van der Waals surface area contributed by atoms with Crippen LogP contribution >= 0.6 is 0 Å². The lowest BCUT2D eigenvalue weighted by atomic mass is 10.0. The van der Waals surface area contributed by atoms with Crippen molar-refractivity contribution in [2.75, 3.05) is 13.2 Å². The molecule has 110 valence electrons. The van der Waals surface area contributed by atoms with Gasteiger partial charge >= 0.3 is 0 Å². The summed E-state index contributed by atoms with van der Waals surface area (Å²) in [6.07, 6.45) is 11.3. The first-order chi connectivity index (χ1) is 9.33. The van der Waals surface area contributed by atoms with Crippen LogP contribution in [0.2, 0.25) is 0 Å². The normalized spacial score (nSPS) is 38.1. The van der Waals surface area contributed by atoms with Gasteiger partial charge in [-0.1, -0.05) is 12.8 Å². The second-order valence-corrected chi connectivity index (χ2v) is 6.87. The highest BCUT2D eigenvalue weighted by Gasteiger charge is 2.40. The molecule has 0 aromatic heterocycles. The first kappa shape index (κ1) is 13.8. The van der Waals surface area contributed by atoms with Gasteiger partial charge in [0.05, 0.1) is 6.10 Å². The number of nitrogens with one attached hydrogen (secondary N) is 2. The van der Waals surface area contributed by atoms with E-state index in [0.29, 0.717) is 18.2 Å². The molecule has 3 nitrogen and oxygen atoms in total. The largest absolute Gasteiger partial charge is 0.376 e. The monoisotopic (exact) mass is 266 g/mol. The van der Waals surface area contributed by atoms with Gasteiger partial charge in [-0.15, -0.1) is 0 Å². The van der Waals surface area contributed by atoms with E-state index in [9.17, 15) is 0 Å². The van der Waals surface area contributed by atoms with Gasteiger partial charge in [-0.05, 0) is 57.9 Å². The molecule has 3 rings (SSSR count). The van der Waals surface area contributed by atoms with Crippen LogP contribution in [0.4, 0.5) is 0 Å². The Hall–Kier alpha value is -0.120. The first-order valence-corrected chi connectivity index (χ1v) is 8.44. The molecule has 2 heterocycles. The summed E-state index contributed by atoms with van der Waals surface area (Å²) in [6, 6.07) is 1.96. The third-order valence-corrected chi connectivity index (χ3v) is 5.02. The molecule has 3 fully saturated rings. The van der Waals surface area contributed by atoms with Crippen LogP contribution in [-0.2, 0) is 4.74 Å². The summed E-state index contributed by atoms with van der Waals surface area (Å²) < 4.78 is 5.92. The molecule has 19 heavy (non-hydrogen) atoms. The SMILES string of the molecule is CC(CC1CCCCCN1)NC1CCOC1C1CC1. The van der Waals surface area contributed by atoms with Crippen LogP contribution in [0.15, 0.2) is 0 Å². The molecule has 2 N–H and O–H groups in total. The molecule has 0 aromatic carbocycles. The van der Waals surface area contributed by atoms with E-state index in [1.54, 1.807) is 0 Å². The average Bonchev–Trinajstić information content (AvgIpc) is 3.17. The van der Waals surface area contributed by atoms with Gasteiger partial charge in [-0.25, -0.2) is 0 Å². The summed E-state index contributed by atoms with van der Waals surface area (Å²) in [7, 11) is 0.